The zero-order valence-electron chi connectivity index (χ0n) is 19.6. The average Bonchev–Trinajstić information content (AvgIpc) is 3.41. The third kappa shape index (κ3) is 4.33. The summed E-state index contributed by atoms with van der Waals surface area (Å²) < 4.78 is 7.01. The largest absolute Gasteiger partial charge is 0.495 e. The summed E-state index contributed by atoms with van der Waals surface area (Å²) in [5.74, 6) is 0.664. The molecule has 1 aliphatic rings. The van der Waals surface area contributed by atoms with Crippen LogP contribution in [0.15, 0.2) is 54.6 Å². The van der Waals surface area contributed by atoms with Gasteiger partial charge in [0.25, 0.3) is 0 Å². The van der Waals surface area contributed by atoms with E-state index in [0.29, 0.717) is 28.1 Å². The summed E-state index contributed by atoms with van der Waals surface area (Å²) >= 11 is 6.14. The number of halogens is 1. The summed E-state index contributed by atoms with van der Waals surface area (Å²) in [5, 5.41) is 9.05. The van der Waals surface area contributed by atoms with Crippen LogP contribution in [0, 0.1) is 19.8 Å². The lowest BCUT2D eigenvalue weighted by atomic mass is 10.1. The lowest BCUT2D eigenvalue weighted by molar-refractivity contribution is -0.122. The van der Waals surface area contributed by atoms with Crippen molar-refractivity contribution in [1.82, 2.24) is 14.8 Å². The number of carbonyl (C=O) groups excluding carboxylic acids is 2. The molecular weight excluding hydrogens is 466 g/mol. The number of aromatic nitrogens is 3. The summed E-state index contributed by atoms with van der Waals surface area (Å²) in [4.78, 5) is 32.3. The van der Waals surface area contributed by atoms with Gasteiger partial charge in [0.1, 0.15) is 11.6 Å². The van der Waals surface area contributed by atoms with Crippen molar-refractivity contribution in [3.63, 3.8) is 0 Å². The van der Waals surface area contributed by atoms with Crippen molar-refractivity contribution in [1.29, 1.82) is 0 Å². The van der Waals surface area contributed by atoms with Crippen LogP contribution in [0.2, 0.25) is 5.02 Å². The number of nitrogens with zero attached hydrogens (tertiary/aromatic N) is 4. The number of carbonyl (C=O) groups is 2. The third-order valence-corrected chi connectivity index (χ3v) is 6.37. The predicted molar refractivity (Wildman–Crippen MR) is 135 cm³/mol. The number of fused-ring (bicyclic) bond motifs is 1. The highest BCUT2D eigenvalue weighted by atomic mass is 35.5. The Kier molecular flexibility index (Phi) is 5.90. The summed E-state index contributed by atoms with van der Waals surface area (Å²) in [7, 11) is 1.53. The van der Waals surface area contributed by atoms with Crippen molar-refractivity contribution in [2.24, 2.45) is 5.92 Å². The van der Waals surface area contributed by atoms with Crippen LogP contribution in [-0.4, -0.2) is 40.2 Å². The molecule has 4 aromatic rings. The van der Waals surface area contributed by atoms with Crippen molar-refractivity contribution in [2.75, 3.05) is 23.9 Å². The molecular formula is C26H24ClN5O3. The number of nitrogens with one attached hydrogen (secondary N) is 1. The zero-order chi connectivity index (χ0) is 24.7. The molecule has 0 saturated carbocycles. The maximum absolute atomic E-state index is 13.2. The molecule has 35 heavy (non-hydrogen) atoms. The number of para-hydroxylation sites is 1. The fraction of sp³-hybridized carbons (Fsp3) is 0.231. The predicted octanol–water partition coefficient (Wildman–Crippen LogP) is 4.69. The van der Waals surface area contributed by atoms with Gasteiger partial charge in [-0.25, -0.2) is 4.98 Å². The number of hydrogen-bond acceptors (Lipinski definition) is 5. The van der Waals surface area contributed by atoms with Gasteiger partial charge in [-0.05, 0) is 49.7 Å². The number of aryl methyl sites for hydroxylation is 2. The molecule has 3 heterocycles. The average molecular weight is 490 g/mol. The smallest absolute Gasteiger partial charge is 0.230 e. The first kappa shape index (κ1) is 22.9. The van der Waals surface area contributed by atoms with Gasteiger partial charge in [0, 0.05) is 29.4 Å². The SMILES string of the molecule is COc1ccc(Cl)cc1N1CC(C(=O)Nc2cc(C)nn2-c2cc(C)c3ccccc3n2)CC1=O. The van der Waals surface area contributed by atoms with E-state index in [1.807, 2.05) is 44.2 Å². The molecule has 1 unspecified atom stereocenters. The Morgan fingerprint density at radius 2 is 1.94 bits per heavy atom. The molecule has 0 spiro atoms. The molecule has 0 aliphatic carbocycles. The van der Waals surface area contributed by atoms with Crippen molar-refractivity contribution >= 4 is 45.8 Å². The van der Waals surface area contributed by atoms with E-state index in [1.54, 1.807) is 33.8 Å². The minimum Gasteiger partial charge on any atom is -0.495 e. The number of benzene rings is 2. The van der Waals surface area contributed by atoms with Gasteiger partial charge in [0.2, 0.25) is 11.8 Å². The van der Waals surface area contributed by atoms with Gasteiger partial charge in [-0.15, -0.1) is 0 Å². The molecule has 1 aliphatic heterocycles. The van der Waals surface area contributed by atoms with Gasteiger partial charge >= 0.3 is 0 Å². The Labute approximate surface area is 207 Å². The highest BCUT2D eigenvalue weighted by molar-refractivity contribution is 6.31. The highest BCUT2D eigenvalue weighted by Gasteiger charge is 2.37. The molecule has 1 N–H and O–H groups in total. The minimum atomic E-state index is -0.541. The molecule has 1 fully saturated rings. The monoisotopic (exact) mass is 489 g/mol. The van der Waals surface area contributed by atoms with E-state index in [9.17, 15) is 9.59 Å². The number of rotatable bonds is 5. The topological polar surface area (TPSA) is 89.3 Å². The Balaban J connectivity index is 1.40. The van der Waals surface area contributed by atoms with Gasteiger partial charge in [-0.1, -0.05) is 29.8 Å². The number of amides is 2. The van der Waals surface area contributed by atoms with Crippen molar-refractivity contribution in [3.8, 4) is 11.6 Å². The van der Waals surface area contributed by atoms with Gasteiger partial charge in [0.05, 0.1) is 29.9 Å². The zero-order valence-corrected chi connectivity index (χ0v) is 20.3. The van der Waals surface area contributed by atoms with E-state index in [4.69, 9.17) is 21.3 Å². The van der Waals surface area contributed by atoms with E-state index in [-0.39, 0.29) is 24.8 Å². The van der Waals surface area contributed by atoms with Gasteiger partial charge in [-0.3, -0.25) is 9.59 Å². The lowest BCUT2D eigenvalue weighted by Gasteiger charge is -2.20. The first-order chi connectivity index (χ1) is 16.8. The van der Waals surface area contributed by atoms with Crippen LogP contribution in [-0.2, 0) is 9.59 Å². The van der Waals surface area contributed by atoms with Crippen LogP contribution >= 0.6 is 11.6 Å². The Hall–Kier alpha value is -3.91. The van der Waals surface area contributed by atoms with Crippen LogP contribution in [0.5, 0.6) is 5.75 Å². The molecule has 2 aromatic heterocycles. The Bertz CT molecular complexity index is 1460. The molecule has 1 saturated heterocycles. The van der Waals surface area contributed by atoms with Crippen LogP contribution < -0.4 is 15.0 Å². The molecule has 0 radical (unpaired) electrons. The fourth-order valence-corrected chi connectivity index (χ4v) is 4.59. The molecule has 8 nitrogen and oxygen atoms in total. The number of ether oxygens (including phenoxy) is 1. The molecule has 178 valence electrons. The molecule has 2 aromatic carbocycles. The normalized spacial score (nSPS) is 15.6. The minimum absolute atomic E-state index is 0.0853. The second-order valence-electron chi connectivity index (χ2n) is 8.61. The molecule has 9 heteroatoms. The van der Waals surface area contributed by atoms with Crippen molar-refractivity contribution < 1.29 is 14.3 Å². The van der Waals surface area contributed by atoms with Gasteiger partial charge in [0.15, 0.2) is 5.82 Å². The summed E-state index contributed by atoms with van der Waals surface area (Å²) in [6.45, 7) is 4.10. The highest BCUT2D eigenvalue weighted by Crippen LogP contribution is 2.35. The summed E-state index contributed by atoms with van der Waals surface area (Å²) in [5.41, 5.74) is 3.20. The quantitative estimate of drug-likeness (QED) is 0.439. The third-order valence-electron chi connectivity index (χ3n) is 6.14. The lowest BCUT2D eigenvalue weighted by Crippen LogP contribution is -2.29. The molecule has 5 rings (SSSR count). The summed E-state index contributed by atoms with van der Waals surface area (Å²) in [6.07, 6.45) is 0.0853. The van der Waals surface area contributed by atoms with Crippen molar-refractivity contribution in [2.45, 2.75) is 20.3 Å². The number of hydrogen-bond donors (Lipinski definition) is 1. The first-order valence-electron chi connectivity index (χ1n) is 11.2. The second-order valence-corrected chi connectivity index (χ2v) is 9.04. The van der Waals surface area contributed by atoms with Gasteiger partial charge < -0.3 is 15.0 Å². The van der Waals surface area contributed by atoms with E-state index in [2.05, 4.69) is 10.4 Å². The van der Waals surface area contributed by atoms with Crippen LogP contribution in [0.4, 0.5) is 11.5 Å². The maximum Gasteiger partial charge on any atom is 0.230 e. The van der Waals surface area contributed by atoms with E-state index < -0.39 is 5.92 Å². The Morgan fingerprint density at radius 3 is 2.74 bits per heavy atom. The molecule has 0 bridgehead atoms. The number of anilines is 2. The fourth-order valence-electron chi connectivity index (χ4n) is 4.42. The van der Waals surface area contributed by atoms with Crippen LogP contribution in [0.3, 0.4) is 0 Å². The van der Waals surface area contributed by atoms with Gasteiger partial charge in [-0.2, -0.15) is 9.78 Å². The van der Waals surface area contributed by atoms with Crippen LogP contribution in [0.25, 0.3) is 16.7 Å². The van der Waals surface area contributed by atoms with E-state index in [1.165, 1.54) is 7.11 Å². The summed E-state index contributed by atoms with van der Waals surface area (Å²) in [6, 6.07) is 16.7. The molecule has 1 atom stereocenters. The first-order valence-corrected chi connectivity index (χ1v) is 11.6. The van der Waals surface area contributed by atoms with Crippen molar-refractivity contribution in [3.05, 3.63) is 70.9 Å². The second kappa shape index (κ2) is 9.03. The van der Waals surface area contributed by atoms with E-state index in [0.717, 1.165) is 22.2 Å². The van der Waals surface area contributed by atoms with E-state index >= 15 is 0 Å². The number of pyridine rings is 1. The number of methoxy groups -OCH3 is 1. The standard InChI is InChI=1S/C26H24ClN5O3/c1-15-10-23(28-20-7-5-4-6-19(15)20)32-24(11-16(2)30-32)29-26(34)17-12-25(33)31(14-17)21-13-18(27)8-9-22(21)35-3/h4-11,13,17H,12,14H2,1-3H3,(H,29,34). The molecule has 2 amide bonds. The van der Waals surface area contributed by atoms with Crippen LogP contribution in [0.1, 0.15) is 17.7 Å². The maximum atomic E-state index is 13.2. The Morgan fingerprint density at radius 1 is 1.14 bits per heavy atom.